The van der Waals surface area contributed by atoms with E-state index >= 15 is 0 Å². The van der Waals surface area contributed by atoms with Gasteiger partial charge in [-0.2, -0.15) is 26.3 Å². The summed E-state index contributed by atoms with van der Waals surface area (Å²) in [5.74, 6) is -1.06. The van der Waals surface area contributed by atoms with Crippen LogP contribution in [0.25, 0.3) is 5.69 Å². The van der Waals surface area contributed by atoms with Gasteiger partial charge in [0.05, 0.1) is 22.9 Å². The zero-order chi connectivity index (χ0) is 30.1. The lowest BCUT2D eigenvalue weighted by Gasteiger charge is -2.19. The molecule has 1 amide bonds. The van der Waals surface area contributed by atoms with Gasteiger partial charge in [0.15, 0.2) is 11.0 Å². The number of thioether (sulfide) groups is 1. The third-order valence-corrected chi connectivity index (χ3v) is 7.17. The van der Waals surface area contributed by atoms with Gasteiger partial charge < -0.3 is 5.32 Å². The number of nitrogens with zero attached hydrogens (tertiary/aromatic N) is 3. The van der Waals surface area contributed by atoms with Gasteiger partial charge in [-0.1, -0.05) is 41.6 Å². The third kappa shape index (κ3) is 7.20. The Kier molecular flexibility index (Phi) is 8.69. The van der Waals surface area contributed by atoms with E-state index in [9.17, 15) is 35.5 Å². The van der Waals surface area contributed by atoms with Gasteiger partial charge in [0.25, 0.3) is 5.91 Å². The van der Waals surface area contributed by atoms with Crippen molar-refractivity contribution >= 4 is 29.3 Å². The molecule has 3 aromatic carbocycles. The Hall–Kier alpha value is -3.58. The van der Waals surface area contributed by atoms with Gasteiger partial charge >= 0.3 is 12.4 Å². The van der Waals surface area contributed by atoms with Crippen LogP contribution in [0.3, 0.4) is 0 Å². The highest BCUT2D eigenvalue weighted by Crippen LogP contribution is 2.37. The molecule has 1 heterocycles. The Morgan fingerprint density at radius 3 is 2.15 bits per heavy atom. The predicted octanol–water partition coefficient (Wildman–Crippen LogP) is 8.19. The van der Waals surface area contributed by atoms with E-state index < -0.39 is 46.8 Å². The molecule has 1 unspecified atom stereocenters. The minimum absolute atomic E-state index is 0.0522. The van der Waals surface area contributed by atoms with Crippen LogP contribution in [0.1, 0.15) is 51.4 Å². The molecule has 0 radical (unpaired) electrons. The number of aromatic nitrogens is 3. The number of aryl methyl sites for hydroxylation is 1. The van der Waals surface area contributed by atoms with Gasteiger partial charge in [-0.15, -0.1) is 10.2 Å². The summed E-state index contributed by atoms with van der Waals surface area (Å²) in [6.07, 6.45) is -10.2. The van der Waals surface area contributed by atoms with Crippen molar-refractivity contribution < 1.29 is 35.5 Å². The van der Waals surface area contributed by atoms with Crippen molar-refractivity contribution in [3.05, 3.63) is 105 Å². The molecule has 1 N–H and O–H groups in total. The molecule has 0 aliphatic heterocycles. The van der Waals surface area contributed by atoms with E-state index in [-0.39, 0.29) is 11.9 Å². The summed E-state index contributed by atoms with van der Waals surface area (Å²) >= 11 is 7.46. The van der Waals surface area contributed by atoms with Crippen LogP contribution in [0.2, 0.25) is 5.02 Å². The molecule has 41 heavy (non-hydrogen) atoms. The second-order valence-electron chi connectivity index (χ2n) is 9.01. The summed E-state index contributed by atoms with van der Waals surface area (Å²) in [7, 11) is 0. The molecule has 1 aromatic heterocycles. The third-order valence-electron chi connectivity index (χ3n) is 5.94. The topological polar surface area (TPSA) is 59.8 Å². The van der Waals surface area contributed by atoms with Gasteiger partial charge in [0.2, 0.25) is 0 Å². The first-order valence-electron chi connectivity index (χ1n) is 11.8. The molecular formula is C27H20ClF7N4OS. The largest absolute Gasteiger partial charge is 0.416 e. The lowest BCUT2D eigenvalue weighted by Crippen LogP contribution is -2.29. The molecule has 4 rings (SSSR count). The average molecular weight is 617 g/mol. The maximum absolute atomic E-state index is 13.3. The summed E-state index contributed by atoms with van der Waals surface area (Å²) in [5.41, 5.74) is -1.98. The van der Waals surface area contributed by atoms with Crippen LogP contribution in [0.15, 0.2) is 65.8 Å². The van der Waals surface area contributed by atoms with E-state index in [0.29, 0.717) is 33.8 Å². The number of carbonyl (C=O) groups is 1. The number of alkyl halides is 6. The molecule has 1 atom stereocenters. The van der Waals surface area contributed by atoms with E-state index in [1.54, 1.807) is 41.8 Å². The highest BCUT2D eigenvalue weighted by atomic mass is 35.5. The fourth-order valence-electron chi connectivity index (χ4n) is 3.86. The standard InChI is InChI=1S/C27H20ClF7N4OS/c1-14-3-6-20(28)12-22(14)39-23(37-38-25(39)41-13-16-4-7-21(29)8-5-16)15(2)36-24(40)17-9-18(26(30,31)32)11-19(10-17)27(33,34)35/h3-12,15H,13H2,1-2H3,(H,36,40). The van der Waals surface area contributed by atoms with Crippen molar-refractivity contribution in [3.63, 3.8) is 0 Å². The molecule has 4 aromatic rings. The lowest BCUT2D eigenvalue weighted by molar-refractivity contribution is -0.143. The van der Waals surface area contributed by atoms with Gasteiger partial charge in [-0.25, -0.2) is 4.39 Å². The van der Waals surface area contributed by atoms with Gasteiger partial charge in [0, 0.05) is 16.3 Å². The van der Waals surface area contributed by atoms with Crippen molar-refractivity contribution in [1.29, 1.82) is 0 Å². The van der Waals surface area contributed by atoms with Crippen molar-refractivity contribution in [1.82, 2.24) is 20.1 Å². The van der Waals surface area contributed by atoms with Crippen molar-refractivity contribution in [2.45, 2.75) is 43.2 Å². The Balaban J connectivity index is 1.69. The number of rotatable bonds is 7. The van der Waals surface area contributed by atoms with Crippen LogP contribution < -0.4 is 5.32 Å². The fraction of sp³-hybridized carbons (Fsp3) is 0.222. The molecule has 0 saturated heterocycles. The highest BCUT2D eigenvalue weighted by Gasteiger charge is 2.37. The van der Waals surface area contributed by atoms with Crippen molar-refractivity contribution in [3.8, 4) is 5.69 Å². The van der Waals surface area contributed by atoms with Crippen LogP contribution in [-0.2, 0) is 18.1 Å². The molecule has 14 heteroatoms. The first kappa shape index (κ1) is 30.4. The number of benzene rings is 3. The van der Waals surface area contributed by atoms with Crippen LogP contribution in [0.5, 0.6) is 0 Å². The maximum atomic E-state index is 13.3. The zero-order valence-electron chi connectivity index (χ0n) is 21.2. The number of hydrogen-bond acceptors (Lipinski definition) is 4. The van der Waals surface area contributed by atoms with E-state index in [0.717, 1.165) is 11.1 Å². The zero-order valence-corrected chi connectivity index (χ0v) is 22.8. The van der Waals surface area contributed by atoms with Gasteiger partial charge in [0.1, 0.15) is 5.82 Å². The summed E-state index contributed by atoms with van der Waals surface area (Å²) in [5, 5.41) is 11.5. The Morgan fingerprint density at radius 2 is 1.56 bits per heavy atom. The lowest BCUT2D eigenvalue weighted by atomic mass is 10.0. The number of nitrogens with one attached hydrogen (secondary N) is 1. The van der Waals surface area contributed by atoms with E-state index in [2.05, 4.69) is 15.5 Å². The molecule has 0 spiro atoms. The first-order valence-corrected chi connectivity index (χ1v) is 13.2. The minimum atomic E-state index is -5.11. The maximum Gasteiger partial charge on any atom is 0.416 e. The van der Waals surface area contributed by atoms with E-state index in [1.807, 2.05) is 0 Å². The minimum Gasteiger partial charge on any atom is -0.342 e. The highest BCUT2D eigenvalue weighted by molar-refractivity contribution is 7.98. The van der Waals surface area contributed by atoms with Crippen LogP contribution in [0.4, 0.5) is 30.7 Å². The second-order valence-corrected chi connectivity index (χ2v) is 10.4. The number of halogens is 8. The number of carbonyl (C=O) groups excluding carboxylic acids is 1. The van der Waals surface area contributed by atoms with Crippen LogP contribution in [0, 0.1) is 12.7 Å². The summed E-state index contributed by atoms with van der Waals surface area (Å²) in [6.45, 7) is 3.25. The monoisotopic (exact) mass is 616 g/mol. The van der Waals surface area contributed by atoms with E-state index in [1.165, 1.54) is 30.8 Å². The predicted molar refractivity (Wildman–Crippen MR) is 139 cm³/mol. The summed E-state index contributed by atoms with van der Waals surface area (Å²) in [4.78, 5) is 12.9. The number of hydrogen-bond donors (Lipinski definition) is 1. The fourth-order valence-corrected chi connectivity index (χ4v) is 4.94. The van der Waals surface area contributed by atoms with Crippen LogP contribution in [-0.4, -0.2) is 20.7 Å². The smallest absolute Gasteiger partial charge is 0.342 e. The molecule has 216 valence electrons. The molecule has 0 aliphatic carbocycles. The van der Waals surface area contributed by atoms with Crippen LogP contribution >= 0.6 is 23.4 Å². The van der Waals surface area contributed by atoms with Gasteiger partial charge in [-0.05, 0) is 67.4 Å². The molecule has 0 saturated carbocycles. The van der Waals surface area contributed by atoms with Gasteiger partial charge in [-0.3, -0.25) is 9.36 Å². The van der Waals surface area contributed by atoms with Crippen molar-refractivity contribution in [2.24, 2.45) is 0 Å². The average Bonchev–Trinajstić information content (AvgIpc) is 3.32. The Bertz CT molecular complexity index is 1540. The molecule has 5 nitrogen and oxygen atoms in total. The normalized spacial score (nSPS) is 12.8. The molecule has 0 fully saturated rings. The molecular weight excluding hydrogens is 597 g/mol. The molecule has 0 aliphatic rings. The van der Waals surface area contributed by atoms with E-state index in [4.69, 9.17) is 11.6 Å². The summed E-state index contributed by atoms with van der Waals surface area (Å²) in [6, 6.07) is 10.5. The Morgan fingerprint density at radius 1 is 0.951 bits per heavy atom. The van der Waals surface area contributed by atoms with Crippen molar-refractivity contribution in [2.75, 3.05) is 0 Å². The summed E-state index contributed by atoms with van der Waals surface area (Å²) < 4.78 is 94.7. The SMILES string of the molecule is Cc1ccc(Cl)cc1-n1c(SCc2ccc(F)cc2)nnc1C(C)NC(=O)c1cc(C(F)(F)F)cc(C(F)(F)F)c1. The molecule has 0 bridgehead atoms. The quantitative estimate of drug-likeness (QED) is 0.168. The Labute approximate surface area is 238 Å². The first-order chi connectivity index (χ1) is 19.1. The number of amides is 1. The second kappa shape index (κ2) is 11.7.